The van der Waals surface area contributed by atoms with Crippen molar-refractivity contribution in [3.05, 3.63) is 73.7 Å². The molecule has 0 fully saturated rings. The van der Waals surface area contributed by atoms with Gasteiger partial charge in [-0.05, 0) is 43.4 Å². The van der Waals surface area contributed by atoms with Gasteiger partial charge in [-0.15, -0.1) is 0 Å². The van der Waals surface area contributed by atoms with Crippen LogP contribution in [0.5, 0.6) is 5.75 Å². The van der Waals surface area contributed by atoms with Crippen LogP contribution in [0.3, 0.4) is 0 Å². The van der Waals surface area contributed by atoms with Crippen molar-refractivity contribution < 1.29 is 9.53 Å². The summed E-state index contributed by atoms with van der Waals surface area (Å²) in [6.07, 6.45) is 7.17. The van der Waals surface area contributed by atoms with Crippen molar-refractivity contribution in [2.24, 2.45) is 0 Å². The van der Waals surface area contributed by atoms with E-state index in [0.717, 1.165) is 43.2 Å². The van der Waals surface area contributed by atoms with Gasteiger partial charge >= 0.3 is 0 Å². The van der Waals surface area contributed by atoms with E-state index in [0.29, 0.717) is 28.8 Å². The number of likely N-dealkylation sites (N-methyl/N-ethyl adjacent to an activating group) is 2. The van der Waals surface area contributed by atoms with Gasteiger partial charge in [0.25, 0.3) is 0 Å². The molecule has 0 aliphatic carbocycles. The van der Waals surface area contributed by atoms with E-state index in [9.17, 15) is 4.79 Å². The normalized spacial score (nSPS) is 10.8. The van der Waals surface area contributed by atoms with Crippen molar-refractivity contribution in [1.29, 1.82) is 5.41 Å². The quantitative estimate of drug-likeness (QED) is 0.115. The van der Waals surface area contributed by atoms with Crippen molar-refractivity contribution in [3.63, 3.8) is 0 Å². The number of hydrogen-bond donors (Lipinski definition) is 5. The van der Waals surface area contributed by atoms with Crippen LogP contribution in [-0.4, -0.2) is 67.3 Å². The standard InChI is InChI=1S/C30H39N9O2/c1-6-30(40)37-24-18-25(27(41-5)19-26(24)38(4)16-17-39(7-2)8-3)36-29-20-28(33-21-34-29)35-23-13-10-9-12-22(23)32-15-11-14-31/h6,9-15,18-21,31-32H,1,7-8,16-17H2,2-5H3,(H,37,40)(H2,33,34,35,36)/b15-11-,31-14?. The predicted octanol–water partition coefficient (Wildman–Crippen LogP) is 5.45. The second-order valence-corrected chi connectivity index (χ2v) is 8.97. The average Bonchev–Trinajstić information content (AvgIpc) is 2.98. The molecule has 1 heterocycles. The summed E-state index contributed by atoms with van der Waals surface area (Å²) < 4.78 is 5.73. The highest BCUT2D eigenvalue weighted by molar-refractivity contribution is 6.02. The third-order valence-corrected chi connectivity index (χ3v) is 6.37. The third kappa shape index (κ3) is 8.80. The Balaban J connectivity index is 1.89. The van der Waals surface area contributed by atoms with Crippen molar-refractivity contribution >= 4 is 52.2 Å². The first-order valence-electron chi connectivity index (χ1n) is 13.4. The number of benzene rings is 2. The Morgan fingerprint density at radius 1 is 1.00 bits per heavy atom. The number of anilines is 7. The molecule has 0 aliphatic heterocycles. The smallest absolute Gasteiger partial charge is 0.247 e. The molecule has 216 valence electrons. The van der Waals surface area contributed by atoms with Crippen LogP contribution in [0.1, 0.15) is 13.8 Å². The number of methoxy groups -OCH3 is 1. The van der Waals surface area contributed by atoms with Crippen molar-refractivity contribution in [2.75, 3.05) is 66.5 Å². The lowest BCUT2D eigenvalue weighted by molar-refractivity contribution is -0.111. The summed E-state index contributed by atoms with van der Waals surface area (Å²) in [6.45, 7) is 11.5. The maximum absolute atomic E-state index is 12.3. The van der Waals surface area contributed by atoms with Crippen LogP contribution in [0.4, 0.5) is 40.1 Å². The van der Waals surface area contributed by atoms with Gasteiger partial charge in [0.15, 0.2) is 0 Å². The topological polar surface area (TPSA) is 131 Å². The fourth-order valence-corrected chi connectivity index (χ4v) is 4.06. The van der Waals surface area contributed by atoms with Gasteiger partial charge in [0.1, 0.15) is 23.7 Å². The Hall–Kier alpha value is -4.90. The van der Waals surface area contributed by atoms with Crippen molar-refractivity contribution in [1.82, 2.24) is 14.9 Å². The molecule has 0 aliphatic rings. The lowest BCUT2D eigenvalue weighted by Crippen LogP contribution is -2.33. The average molecular weight is 558 g/mol. The fraction of sp³-hybridized carbons (Fsp3) is 0.267. The minimum Gasteiger partial charge on any atom is -0.494 e. The Bertz CT molecular complexity index is 1360. The number of carbonyl (C=O) groups is 1. The van der Waals surface area contributed by atoms with Gasteiger partial charge < -0.3 is 41.2 Å². The van der Waals surface area contributed by atoms with Gasteiger partial charge in [0, 0.05) is 44.7 Å². The molecule has 11 nitrogen and oxygen atoms in total. The molecule has 3 rings (SSSR count). The van der Waals surface area contributed by atoms with E-state index >= 15 is 0 Å². The molecule has 3 aromatic rings. The first kappa shape index (κ1) is 30.6. The van der Waals surface area contributed by atoms with Gasteiger partial charge in [-0.25, -0.2) is 9.97 Å². The lowest BCUT2D eigenvalue weighted by Gasteiger charge is -2.27. The van der Waals surface area contributed by atoms with E-state index in [2.05, 4.69) is 61.5 Å². The lowest BCUT2D eigenvalue weighted by atomic mass is 10.2. The van der Waals surface area contributed by atoms with Gasteiger partial charge in [0.05, 0.1) is 35.5 Å². The Kier molecular flexibility index (Phi) is 11.7. The van der Waals surface area contributed by atoms with Crippen LogP contribution in [0.25, 0.3) is 0 Å². The minimum absolute atomic E-state index is 0.309. The molecule has 0 bridgehead atoms. The van der Waals surface area contributed by atoms with Crippen LogP contribution in [0.2, 0.25) is 0 Å². The molecule has 0 radical (unpaired) electrons. The third-order valence-electron chi connectivity index (χ3n) is 6.37. The highest BCUT2D eigenvalue weighted by Crippen LogP contribution is 2.38. The Labute approximate surface area is 241 Å². The molecule has 0 spiro atoms. The molecule has 11 heteroatoms. The predicted molar refractivity (Wildman–Crippen MR) is 169 cm³/mol. The molecule has 5 N–H and O–H groups in total. The van der Waals surface area contributed by atoms with E-state index in [-0.39, 0.29) is 5.91 Å². The number of nitrogens with zero attached hydrogens (tertiary/aromatic N) is 4. The summed E-state index contributed by atoms with van der Waals surface area (Å²) in [5, 5.41) is 19.8. The van der Waals surface area contributed by atoms with Gasteiger partial charge in [-0.3, -0.25) is 4.79 Å². The number of rotatable bonds is 16. The molecule has 0 atom stereocenters. The number of hydrogen-bond acceptors (Lipinski definition) is 10. The van der Waals surface area contributed by atoms with E-state index < -0.39 is 0 Å². The van der Waals surface area contributed by atoms with Crippen LogP contribution in [0, 0.1) is 5.41 Å². The molecule has 41 heavy (non-hydrogen) atoms. The monoisotopic (exact) mass is 557 g/mol. The number of allylic oxidation sites excluding steroid dienone is 1. The highest BCUT2D eigenvalue weighted by atomic mass is 16.5. The van der Waals surface area contributed by atoms with E-state index in [4.69, 9.17) is 10.1 Å². The maximum atomic E-state index is 12.3. The fourth-order valence-electron chi connectivity index (χ4n) is 4.06. The Morgan fingerprint density at radius 3 is 2.32 bits per heavy atom. The number of carbonyl (C=O) groups excluding carboxylic acids is 1. The van der Waals surface area contributed by atoms with Gasteiger partial charge in [-0.2, -0.15) is 0 Å². The van der Waals surface area contributed by atoms with Crippen LogP contribution in [0.15, 0.2) is 73.7 Å². The van der Waals surface area contributed by atoms with Gasteiger partial charge in [0.2, 0.25) is 5.91 Å². The second-order valence-electron chi connectivity index (χ2n) is 8.97. The molecular formula is C30H39N9O2. The highest BCUT2D eigenvalue weighted by Gasteiger charge is 2.17. The minimum atomic E-state index is -0.309. The number of ether oxygens (including phenoxy) is 1. The summed E-state index contributed by atoms with van der Waals surface area (Å²) >= 11 is 0. The largest absolute Gasteiger partial charge is 0.494 e. The van der Waals surface area contributed by atoms with Crippen LogP contribution in [-0.2, 0) is 4.79 Å². The van der Waals surface area contributed by atoms with Crippen molar-refractivity contribution in [2.45, 2.75) is 13.8 Å². The molecule has 1 aromatic heterocycles. The summed E-state index contributed by atoms with van der Waals surface area (Å²) in [7, 11) is 3.59. The van der Waals surface area contributed by atoms with Gasteiger partial charge in [-0.1, -0.05) is 32.6 Å². The zero-order valence-electron chi connectivity index (χ0n) is 24.1. The first-order chi connectivity index (χ1) is 19.9. The molecule has 0 saturated heterocycles. The number of aromatic nitrogens is 2. The molecule has 2 aromatic carbocycles. The van der Waals surface area contributed by atoms with E-state index in [1.54, 1.807) is 25.5 Å². The van der Waals surface area contributed by atoms with E-state index in [1.807, 2.05) is 43.4 Å². The molecular weight excluding hydrogens is 518 g/mol. The SMILES string of the molecule is C=CC(=O)Nc1cc(Nc2cc(Nc3ccccc3N/C=C\C=N)ncn2)c(OC)cc1N(C)CCN(CC)CC. The summed E-state index contributed by atoms with van der Waals surface area (Å²) in [5.41, 5.74) is 3.68. The zero-order valence-corrected chi connectivity index (χ0v) is 24.1. The molecule has 1 amide bonds. The number of amides is 1. The Morgan fingerprint density at radius 2 is 1.68 bits per heavy atom. The summed E-state index contributed by atoms with van der Waals surface area (Å²) in [4.78, 5) is 25.5. The summed E-state index contributed by atoms with van der Waals surface area (Å²) in [6, 6.07) is 13.2. The first-order valence-corrected chi connectivity index (χ1v) is 13.4. The zero-order chi connectivity index (χ0) is 29.6. The number of nitrogens with one attached hydrogen (secondary N) is 5. The second kappa shape index (κ2) is 15.6. The van der Waals surface area contributed by atoms with E-state index in [1.165, 1.54) is 18.6 Å². The van der Waals surface area contributed by atoms with Crippen LogP contribution >= 0.6 is 0 Å². The number of para-hydroxylation sites is 2. The van der Waals surface area contributed by atoms with Crippen LogP contribution < -0.4 is 30.9 Å². The molecule has 0 saturated carbocycles. The molecule has 0 unspecified atom stereocenters. The van der Waals surface area contributed by atoms with Crippen molar-refractivity contribution in [3.8, 4) is 5.75 Å². The maximum Gasteiger partial charge on any atom is 0.247 e. The summed E-state index contributed by atoms with van der Waals surface area (Å²) in [5.74, 6) is 1.38.